The fourth-order valence-corrected chi connectivity index (χ4v) is 5.50. The van der Waals surface area contributed by atoms with Gasteiger partial charge in [-0.05, 0) is 66.9 Å². The first-order valence-electron chi connectivity index (χ1n) is 11.3. The molecule has 0 amide bonds. The second-order valence-electron chi connectivity index (χ2n) is 8.53. The van der Waals surface area contributed by atoms with Crippen LogP contribution < -0.4 is 4.90 Å². The van der Waals surface area contributed by atoms with E-state index in [0.29, 0.717) is 0 Å². The van der Waals surface area contributed by atoms with Gasteiger partial charge >= 0.3 is 5.97 Å². The second-order valence-corrected chi connectivity index (χ2v) is 9.95. The summed E-state index contributed by atoms with van der Waals surface area (Å²) in [4.78, 5) is 13.4. The fraction of sp³-hybridized carbons (Fsp3) is 0.222. The van der Waals surface area contributed by atoms with Crippen molar-refractivity contribution in [2.24, 2.45) is 0 Å². The van der Waals surface area contributed by atoms with Gasteiger partial charge in [0.05, 0.1) is 11.2 Å². The summed E-state index contributed by atoms with van der Waals surface area (Å²) in [7, 11) is 1.79. The Morgan fingerprint density at radius 2 is 1.46 bits per heavy atom. The molecule has 2 heterocycles. The van der Waals surface area contributed by atoms with Gasteiger partial charge in [-0.25, -0.2) is 4.79 Å². The lowest BCUT2D eigenvalue weighted by Gasteiger charge is -2.42. The zero-order chi connectivity index (χ0) is 24.4. The highest BCUT2D eigenvalue weighted by Gasteiger charge is 2.36. The van der Waals surface area contributed by atoms with Crippen LogP contribution in [0.3, 0.4) is 0 Å². The van der Waals surface area contributed by atoms with E-state index >= 15 is 0 Å². The van der Waals surface area contributed by atoms with Crippen LogP contribution in [0.4, 0.5) is 5.69 Å². The van der Waals surface area contributed by atoms with Crippen molar-refractivity contribution in [3.8, 4) is 21.1 Å². The maximum Gasteiger partial charge on any atom is 0.335 e. The molecule has 0 bridgehead atoms. The van der Waals surface area contributed by atoms with Gasteiger partial charge in [0.25, 0.3) is 0 Å². The number of carboxylic acids is 1. The summed E-state index contributed by atoms with van der Waals surface area (Å²) in [5.41, 5.74) is 4.16. The van der Waals surface area contributed by atoms with E-state index in [1.54, 1.807) is 31.4 Å². The van der Waals surface area contributed by atoms with E-state index in [-0.39, 0.29) is 11.2 Å². The molecule has 0 aliphatic carbocycles. The first-order chi connectivity index (χ1) is 17.0. The van der Waals surface area contributed by atoms with Crippen molar-refractivity contribution in [3.05, 3.63) is 88.9 Å². The number of aromatic carboxylic acids is 1. The molecule has 0 radical (unpaired) electrons. The number of aromatic nitrogens is 2. The largest absolute Gasteiger partial charge is 0.478 e. The average Bonchev–Trinajstić information content (AvgIpc) is 3.40. The van der Waals surface area contributed by atoms with E-state index in [1.807, 2.05) is 12.1 Å². The molecule has 1 aliphatic heterocycles. The maximum atomic E-state index is 11.1. The zero-order valence-corrected chi connectivity index (χ0v) is 20.7. The van der Waals surface area contributed by atoms with Gasteiger partial charge in [-0.1, -0.05) is 47.2 Å². The topological polar surface area (TPSA) is 75.5 Å². The van der Waals surface area contributed by atoms with E-state index in [2.05, 4.69) is 51.5 Å². The zero-order valence-electron chi connectivity index (χ0n) is 19.1. The van der Waals surface area contributed by atoms with Crippen molar-refractivity contribution in [1.82, 2.24) is 10.2 Å². The molecule has 0 spiro atoms. The Morgan fingerprint density at radius 1 is 0.914 bits per heavy atom. The minimum Gasteiger partial charge on any atom is -0.478 e. The summed E-state index contributed by atoms with van der Waals surface area (Å²) in [5, 5.41) is 20.0. The van der Waals surface area contributed by atoms with Crippen molar-refractivity contribution < 1.29 is 14.6 Å². The van der Waals surface area contributed by atoms with Gasteiger partial charge in [-0.2, -0.15) is 0 Å². The minimum absolute atomic E-state index is 0.252. The predicted molar refractivity (Wildman–Crippen MR) is 139 cm³/mol. The molecule has 1 saturated heterocycles. The van der Waals surface area contributed by atoms with Crippen LogP contribution in [0.2, 0.25) is 5.02 Å². The lowest BCUT2D eigenvalue weighted by molar-refractivity contribution is -0.0346. The number of hydrogen-bond acceptors (Lipinski definition) is 6. The molecule has 0 unspecified atom stereocenters. The molecule has 1 aromatic heterocycles. The van der Waals surface area contributed by atoms with Gasteiger partial charge in [-0.3, -0.25) is 0 Å². The van der Waals surface area contributed by atoms with Gasteiger partial charge in [0.1, 0.15) is 10.0 Å². The van der Waals surface area contributed by atoms with Crippen molar-refractivity contribution in [2.45, 2.75) is 18.4 Å². The number of rotatable bonds is 6. The van der Waals surface area contributed by atoms with Crippen molar-refractivity contribution in [2.75, 3.05) is 25.1 Å². The summed E-state index contributed by atoms with van der Waals surface area (Å²) >= 11 is 7.56. The smallest absolute Gasteiger partial charge is 0.335 e. The van der Waals surface area contributed by atoms with E-state index in [1.165, 1.54) is 22.6 Å². The van der Waals surface area contributed by atoms with Crippen LogP contribution in [0.15, 0.2) is 72.8 Å². The Kier molecular flexibility index (Phi) is 6.56. The van der Waals surface area contributed by atoms with Gasteiger partial charge < -0.3 is 14.7 Å². The Labute approximate surface area is 212 Å². The molecular weight excluding hydrogens is 482 g/mol. The highest BCUT2D eigenvalue weighted by Crippen LogP contribution is 2.38. The molecule has 1 aliphatic rings. The van der Waals surface area contributed by atoms with Gasteiger partial charge in [0.2, 0.25) is 0 Å². The highest BCUT2D eigenvalue weighted by atomic mass is 35.5. The Morgan fingerprint density at radius 3 is 1.97 bits per heavy atom. The van der Waals surface area contributed by atoms with Crippen molar-refractivity contribution in [3.63, 3.8) is 0 Å². The molecule has 0 atom stereocenters. The molecule has 5 rings (SSSR count). The number of halogens is 1. The number of hydrogen-bond donors (Lipinski definition) is 1. The molecule has 4 aromatic rings. The number of methoxy groups -OCH3 is 1. The number of anilines is 1. The lowest BCUT2D eigenvalue weighted by Crippen LogP contribution is -2.43. The average molecular weight is 506 g/mol. The number of carbonyl (C=O) groups is 1. The minimum atomic E-state index is -0.943. The third-order valence-electron chi connectivity index (χ3n) is 6.62. The molecule has 178 valence electrons. The van der Waals surface area contributed by atoms with E-state index < -0.39 is 5.97 Å². The molecule has 6 nitrogen and oxygen atoms in total. The van der Waals surface area contributed by atoms with Crippen LogP contribution in [0.25, 0.3) is 21.1 Å². The van der Waals surface area contributed by atoms with E-state index in [4.69, 9.17) is 21.4 Å². The predicted octanol–water partition coefficient (Wildman–Crippen LogP) is 6.37. The lowest BCUT2D eigenvalue weighted by atomic mass is 9.84. The maximum absolute atomic E-state index is 11.1. The molecule has 1 fully saturated rings. The SMILES string of the molecule is COC1(c2ccc(Cl)cc2)CCN(c2ccc(-c3nnc(-c4ccc(C(=O)O)cc4)s3)cc2)CC1. The quantitative estimate of drug-likeness (QED) is 0.328. The first kappa shape index (κ1) is 23.5. The third kappa shape index (κ3) is 4.80. The van der Waals surface area contributed by atoms with E-state index in [9.17, 15) is 4.79 Å². The summed E-state index contributed by atoms with van der Waals surface area (Å²) in [6.45, 7) is 1.79. The molecule has 0 saturated carbocycles. The standard InChI is InChI=1S/C27H24ClN3O3S/c1-34-27(21-8-10-22(28)11-9-21)14-16-31(17-15-27)23-12-6-19(7-13-23)25-30-29-24(35-25)18-2-4-20(5-3-18)26(32)33/h2-13H,14-17H2,1H3,(H,32,33). The van der Waals surface area contributed by atoms with Crippen LogP contribution in [0, 0.1) is 0 Å². The summed E-state index contributed by atoms with van der Waals surface area (Å²) in [6, 6.07) is 23.1. The highest BCUT2D eigenvalue weighted by molar-refractivity contribution is 7.17. The number of piperidine rings is 1. The van der Waals surface area contributed by atoms with Crippen molar-refractivity contribution in [1.29, 1.82) is 0 Å². The van der Waals surface area contributed by atoms with Crippen LogP contribution in [-0.4, -0.2) is 41.5 Å². The normalized spacial score (nSPS) is 15.2. The number of ether oxygens (including phenoxy) is 1. The number of benzene rings is 3. The molecular formula is C27H24ClN3O3S. The molecule has 35 heavy (non-hydrogen) atoms. The summed E-state index contributed by atoms with van der Waals surface area (Å²) in [6.07, 6.45) is 1.79. The number of nitrogens with zero attached hydrogens (tertiary/aromatic N) is 3. The van der Waals surface area contributed by atoms with Crippen LogP contribution in [-0.2, 0) is 10.3 Å². The molecule has 3 aromatic carbocycles. The van der Waals surface area contributed by atoms with Gasteiger partial charge in [-0.15, -0.1) is 10.2 Å². The van der Waals surface area contributed by atoms with Gasteiger partial charge in [0, 0.05) is 42.0 Å². The Hall–Kier alpha value is -3.26. The Bertz CT molecular complexity index is 1310. The van der Waals surface area contributed by atoms with E-state index in [0.717, 1.165) is 52.1 Å². The summed E-state index contributed by atoms with van der Waals surface area (Å²) in [5.74, 6) is -0.943. The fourth-order valence-electron chi connectivity index (χ4n) is 4.52. The first-order valence-corrected chi connectivity index (χ1v) is 12.5. The van der Waals surface area contributed by atoms with Crippen molar-refractivity contribution >= 4 is 34.6 Å². The van der Waals surface area contributed by atoms with Crippen LogP contribution in [0.1, 0.15) is 28.8 Å². The molecule has 1 N–H and O–H groups in total. The monoisotopic (exact) mass is 505 g/mol. The number of carboxylic acid groups (broad SMARTS) is 1. The second kappa shape index (κ2) is 9.77. The summed E-state index contributed by atoms with van der Waals surface area (Å²) < 4.78 is 6.01. The van der Waals surface area contributed by atoms with Crippen LogP contribution in [0.5, 0.6) is 0 Å². The Balaban J connectivity index is 1.27. The van der Waals surface area contributed by atoms with Crippen LogP contribution >= 0.6 is 22.9 Å². The third-order valence-corrected chi connectivity index (χ3v) is 7.89. The molecule has 8 heteroatoms. The van der Waals surface area contributed by atoms with Gasteiger partial charge in [0.15, 0.2) is 0 Å².